The zero-order valence-electron chi connectivity index (χ0n) is 10.5. The molecule has 0 bridgehead atoms. The van der Waals surface area contributed by atoms with Crippen LogP contribution in [0.25, 0.3) is 0 Å². The SMILES string of the molecule is O=C(c1ccncc1)N1CC[C@H]2NCCC[C@@H]2C1. The molecule has 3 heterocycles. The molecule has 3 rings (SSSR count). The first kappa shape index (κ1) is 11.7. The Morgan fingerprint density at radius 1 is 1.33 bits per heavy atom. The standard InChI is InChI=1S/C14H19N3O/c18-14(11-3-7-15-8-4-11)17-9-5-13-12(10-17)2-1-6-16-13/h3-4,7-8,12-13,16H,1-2,5-6,9-10H2/t12-,13-/m1/s1. The van der Waals surface area contributed by atoms with Crippen LogP contribution in [0.5, 0.6) is 0 Å². The van der Waals surface area contributed by atoms with E-state index in [1.54, 1.807) is 24.5 Å². The smallest absolute Gasteiger partial charge is 0.253 e. The summed E-state index contributed by atoms with van der Waals surface area (Å²) in [4.78, 5) is 18.3. The monoisotopic (exact) mass is 245 g/mol. The van der Waals surface area contributed by atoms with Crippen molar-refractivity contribution >= 4 is 5.91 Å². The molecule has 2 fully saturated rings. The number of hydrogen-bond donors (Lipinski definition) is 1. The Kier molecular flexibility index (Phi) is 3.28. The third kappa shape index (κ3) is 2.25. The summed E-state index contributed by atoms with van der Waals surface area (Å²) in [5.74, 6) is 0.791. The largest absolute Gasteiger partial charge is 0.338 e. The molecule has 18 heavy (non-hydrogen) atoms. The van der Waals surface area contributed by atoms with E-state index in [4.69, 9.17) is 0 Å². The van der Waals surface area contributed by atoms with Gasteiger partial charge in [0.15, 0.2) is 0 Å². The van der Waals surface area contributed by atoms with Gasteiger partial charge in [-0.05, 0) is 43.9 Å². The van der Waals surface area contributed by atoms with Crippen molar-refractivity contribution < 1.29 is 4.79 Å². The molecule has 2 aliphatic heterocycles. The number of pyridine rings is 1. The first-order valence-corrected chi connectivity index (χ1v) is 6.77. The molecule has 0 radical (unpaired) electrons. The van der Waals surface area contributed by atoms with Gasteiger partial charge in [0.05, 0.1) is 0 Å². The molecule has 1 aromatic rings. The molecule has 2 aliphatic rings. The van der Waals surface area contributed by atoms with Crippen LogP contribution in [-0.2, 0) is 0 Å². The van der Waals surface area contributed by atoms with E-state index in [9.17, 15) is 4.79 Å². The lowest BCUT2D eigenvalue weighted by molar-refractivity contribution is 0.0592. The third-order valence-electron chi connectivity index (χ3n) is 4.11. The maximum absolute atomic E-state index is 12.4. The van der Waals surface area contributed by atoms with Gasteiger partial charge in [-0.3, -0.25) is 9.78 Å². The van der Waals surface area contributed by atoms with E-state index < -0.39 is 0 Å². The Morgan fingerprint density at radius 2 is 2.17 bits per heavy atom. The molecule has 0 aliphatic carbocycles. The van der Waals surface area contributed by atoms with Crippen molar-refractivity contribution in [3.63, 3.8) is 0 Å². The van der Waals surface area contributed by atoms with Gasteiger partial charge in [0, 0.05) is 37.1 Å². The highest BCUT2D eigenvalue weighted by Crippen LogP contribution is 2.25. The second kappa shape index (κ2) is 5.06. The number of likely N-dealkylation sites (tertiary alicyclic amines) is 1. The molecule has 1 N–H and O–H groups in total. The van der Waals surface area contributed by atoms with Crippen LogP contribution in [0, 0.1) is 5.92 Å². The second-order valence-electron chi connectivity index (χ2n) is 5.24. The maximum atomic E-state index is 12.4. The number of nitrogens with zero attached hydrogens (tertiary/aromatic N) is 2. The highest BCUT2D eigenvalue weighted by atomic mass is 16.2. The number of piperidine rings is 2. The quantitative estimate of drug-likeness (QED) is 0.811. The molecule has 4 nitrogen and oxygen atoms in total. The van der Waals surface area contributed by atoms with Gasteiger partial charge in [0.2, 0.25) is 0 Å². The summed E-state index contributed by atoms with van der Waals surface area (Å²) >= 11 is 0. The van der Waals surface area contributed by atoms with Crippen molar-refractivity contribution in [1.82, 2.24) is 15.2 Å². The number of rotatable bonds is 1. The minimum Gasteiger partial charge on any atom is -0.338 e. The van der Waals surface area contributed by atoms with Crippen molar-refractivity contribution in [2.24, 2.45) is 5.92 Å². The Balaban J connectivity index is 1.69. The van der Waals surface area contributed by atoms with Gasteiger partial charge in [0.25, 0.3) is 5.91 Å². The van der Waals surface area contributed by atoms with Crippen molar-refractivity contribution in [3.8, 4) is 0 Å². The fraction of sp³-hybridized carbons (Fsp3) is 0.571. The fourth-order valence-electron chi connectivity index (χ4n) is 3.11. The Hall–Kier alpha value is -1.42. The predicted octanol–water partition coefficient (Wildman–Crippen LogP) is 1.30. The average molecular weight is 245 g/mol. The molecule has 0 aromatic carbocycles. The van der Waals surface area contributed by atoms with Crippen molar-refractivity contribution in [1.29, 1.82) is 0 Å². The minimum absolute atomic E-state index is 0.154. The molecule has 0 spiro atoms. The highest BCUT2D eigenvalue weighted by molar-refractivity contribution is 5.94. The van der Waals surface area contributed by atoms with Crippen LogP contribution in [0.2, 0.25) is 0 Å². The summed E-state index contributed by atoms with van der Waals surface area (Å²) in [6, 6.07) is 4.22. The zero-order valence-corrected chi connectivity index (χ0v) is 10.5. The molecule has 2 saturated heterocycles. The van der Waals surface area contributed by atoms with E-state index in [1.807, 2.05) is 4.90 Å². The van der Waals surface area contributed by atoms with Crippen molar-refractivity contribution in [2.75, 3.05) is 19.6 Å². The predicted molar refractivity (Wildman–Crippen MR) is 69.3 cm³/mol. The van der Waals surface area contributed by atoms with Gasteiger partial charge in [-0.25, -0.2) is 0 Å². The average Bonchev–Trinajstić information content (AvgIpc) is 2.47. The highest BCUT2D eigenvalue weighted by Gasteiger charge is 2.32. The molecule has 1 aromatic heterocycles. The molecule has 2 atom stereocenters. The summed E-state index contributed by atoms with van der Waals surface area (Å²) in [6.07, 6.45) is 6.93. The molecule has 0 unspecified atom stereocenters. The van der Waals surface area contributed by atoms with Crippen LogP contribution in [-0.4, -0.2) is 41.5 Å². The number of amides is 1. The van der Waals surface area contributed by atoms with Gasteiger partial charge >= 0.3 is 0 Å². The van der Waals surface area contributed by atoms with Crippen molar-refractivity contribution in [2.45, 2.75) is 25.3 Å². The lowest BCUT2D eigenvalue weighted by Gasteiger charge is -2.41. The lowest BCUT2D eigenvalue weighted by Crippen LogP contribution is -2.53. The van der Waals surface area contributed by atoms with Crippen molar-refractivity contribution in [3.05, 3.63) is 30.1 Å². The van der Waals surface area contributed by atoms with E-state index in [1.165, 1.54) is 12.8 Å². The van der Waals surface area contributed by atoms with Crippen LogP contribution in [0.3, 0.4) is 0 Å². The van der Waals surface area contributed by atoms with E-state index in [0.29, 0.717) is 12.0 Å². The molecular weight excluding hydrogens is 226 g/mol. The summed E-state index contributed by atoms with van der Waals surface area (Å²) in [5, 5.41) is 3.57. The lowest BCUT2D eigenvalue weighted by atomic mass is 9.85. The van der Waals surface area contributed by atoms with E-state index in [2.05, 4.69) is 10.3 Å². The van der Waals surface area contributed by atoms with E-state index in [-0.39, 0.29) is 5.91 Å². The van der Waals surface area contributed by atoms with Crippen LogP contribution in [0.1, 0.15) is 29.6 Å². The molecule has 0 saturated carbocycles. The Morgan fingerprint density at radius 3 is 3.00 bits per heavy atom. The second-order valence-corrected chi connectivity index (χ2v) is 5.24. The van der Waals surface area contributed by atoms with Crippen LogP contribution < -0.4 is 5.32 Å². The summed E-state index contributed by atoms with van der Waals surface area (Å²) in [6.45, 7) is 2.91. The van der Waals surface area contributed by atoms with Crippen LogP contribution in [0.15, 0.2) is 24.5 Å². The number of aromatic nitrogens is 1. The van der Waals surface area contributed by atoms with Crippen LogP contribution >= 0.6 is 0 Å². The minimum atomic E-state index is 0.154. The summed E-state index contributed by atoms with van der Waals surface area (Å²) in [7, 11) is 0. The molecule has 4 heteroatoms. The van der Waals surface area contributed by atoms with Crippen LogP contribution in [0.4, 0.5) is 0 Å². The first-order valence-electron chi connectivity index (χ1n) is 6.77. The number of nitrogens with one attached hydrogen (secondary N) is 1. The van der Waals surface area contributed by atoms with E-state index in [0.717, 1.165) is 31.6 Å². The molecule has 96 valence electrons. The number of fused-ring (bicyclic) bond motifs is 1. The number of carbonyl (C=O) groups excluding carboxylic acids is 1. The normalized spacial score (nSPS) is 27.7. The van der Waals surface area contributed by atoms with Gasteiger partial charge in [-0.2, -0.15) is 0 Å². The molecule has 1 amide bonds. The topological polar surface area (TPSA) is 45.2 Å². The molecular formula is C14H19N3O. The zero-order chi connectivity index (χ0) is 12.4. The Labute approximate surface area is 107 Å². The van der Waals surface area contributed by atoms with Gasteiger partial charge < -0.3 is 10.2 Å². The van der Waals surface area contributed by atoms with Gasteiger partial charge in [-0.15, -0.1) is 0 Å². The number of carbonyl (C=O) groups is 1. The summed E-state index contributed by atoms with van der Waals surface area (Å²) in [5.41, 5.74) is 0.757. The first-order chi connectivity index (χ1) is 8.84. The third-order valence-corrected chi connectivity index (χ3v) is 4.11. The van der Waals surface area contributed by atoms with Gasteiger partial charge in [-0.1, -0.05) is 0 Å². The van der Waals surface area contributed by atoms with Gasteiger partial charge in [0.1, 0.15) is 0 Å². The number of hydrogen-bond acceptors (Lipinski definition) is 3. The van der Waals surface area contributed by atoms with E-state index >= 15 is 0 Å². The fourth-order valence-corrected chi connectivity index (χ4v) is 3.11. The Bertz CT molecular complexity index is 420. The summed E-state index contributed by atoms with van der Waals surface area (Å²) < 4.78 is 0. The maximum Gasteiger partial charge on any atom is 0.253 e.